The van der Waals surface area contributed by atoms with E-state index in [1.165, 1.54) is 23.8 Å². The molecule has 2 aromatic carbocycles. The summed E-state index contributed by atoms with van der Waals surface area (Å²) in [5, 5.41) is 7.01. The second-order valence-corrected chi connectivity index (χ2v) is 6.29. The zero-order chi connectivity index (χ0) is 15.2. The van der Waals surface area contributed by atoms with Crippen molar-refractivity contribution in [2.75, 3.05) is 6.54 Å². The Morgan fingerprint density at radius 3 is 2.38 bits per heavy atom. The maximum Gasteiger partial charge on any atom is 0.0484 e. The first-order valence-corrected chi connectivity index (χ1v) is 8.47. The molecule has 0 aliphatic heterocycles. The van der Waals surface area contributed by atoms with Crippen LogP contribution in [0.5, 0.6) is 0 Å². The van der Waals surface area contributed by atoms with Crippen LogP contribution < -0.4 is 5.32 Å². The second-order valence-electron chi connectivity index (χ2n) is 5.88. The van der Waals surface area contributed by atoms with Crippen molar-refractivity contribution in [2.24, 2.45) is 5.92 Å². The van der Waals surface area contributed by atoms with Gasteiger partial charge in [-0.25, -0.2) is 0 Å². The standard InChI is InChI=1S/C19H26ClN/c1-4-8-14(3)19(21-13-5-2)17-11-12-18(20)16-10-7-6-9-15(16)17/h6-7,9-12,14,19,21H,4-5,8,13H2,1-3H3. The zero-order valence-electron chi connectivity index (χ0n) is 13.3. The normalized spacial score (nSPS) is 14.3. The molecule has 0 aliphatic carbocycles. The summed E-state index contributed by atoms with van der Waals surface area (Å²) in [6.45, 7) is 7.87. The van der Waals surface area contributed by atoms with E-state index in [-0.39, 0.29) is 0 Å². The van der Waals surface area contributed by atoms with E-state index in [2.05, 4.69) is 56.4 Å². The van der Waals surface area contributed by atoms with Crippen molar-refractivity contribution in [1.82, 2.24) is 5.32 Å². The summed E-state index contributed by atoms with van der Waals surface area (Å²) >= 11 is 6.36. The fraction of sp³-hybridized carbons (Fsp3) is 0.474. The SMILES string of the molecule is CCCNC(c1ccc(Cl)c2ccccc12)C(C)CCC. The quantitative estimate of drug-likeness (QED) is 0.664. The molecule has 0 fully saturated rings. The van der Waals surface area contributed by atoms with Crippen molar-refractivity contribution in [3.8, 4) is 0 Å². The van der Waals surface area contributed by atoms with Crippen molar-refractivity contribution in [3.05, 3.63) is 47.0 Å². The van der Waals surface area contributed by atoms with Gasteiger partial charge in [0, 0.05) is 16.5 Å². The van der Waals surface area contributed by atoms with Crippen molar-refractivity contribution < 1.29 is 0 Å². The lowest BCUT2D eigenvalue weighted by atomic mass is 9.88. The molecular formula is C19H26ClN. The maximum atomic E-state index is 6.36. The molecule has 21 heavy (non-hydrogen) atoms. The van der Waals surface area contributed by atoms with E-state index in [1.54, 1.807) is 0 Å². The van der Waals surface area contributed by atoms with Gasteiger partial charge in [-0.05, 0) is 42.3 Å². The molecule has 114 valence electrons. The predicted octanol–water partition coefficient (Wildman–Crippen LogP) is 5.97. The summed E-state index contributed by atoms with van der Waals surface area (Å²) in [5.74, 6) is 0.617. The molecule has 2 atom stereocenters. The largest absolute Gasteiger partial charge is 0.310 e. The van der Waals surface area contributed by atoms with Crippen LogP contribution in [0.4, 0.5) is 0 Å². The lowest BCUT2D eigenvalue weighted by Crippen LogP contribution is -2.28. The molecule has 2 rings (SSSR count). The molecule has 0 saturated heterocycles. The molecule has 0 aliphatic rings. The zero-order valence-corrected chi connectivity index (χ0v) is 14.1. The molecule has 1 N–H and O–H groups in total. The highest BCUT2D eigenvalue weighted by Crippen LogP contribution is 2.34. The Morgan fingerprint density at radius 2 is 1.71 bits per heavy atom. The average molecular weight is 304 g/mol. The third-order valence-electron chi connectivity index (χ3n) is 4.17. The highest BCUT2D eigenvalue weighted by Gasteiger charge is 2.20. The van der Waals surface area contributed by atoms with E-state index < -0.39 is 0 Å². The third kappa shape index (κ3) is 3.78. The Kier molecular flexibility index (Phi) is 6.08. The molecular weight excluding hydrogens is 278 g/mol. The van der Waals surface area contributed by atoms with E-state index in [0.29, 0.717) is 12.0 Å². The number of hydrogen-bond donors (Lipinski definition) is 1. The lowest BCUT2D eigenvalue weighted by Gasteiger charge is -2.27. The number of fused-ring (bicyclic) bond motifs is 1. The van der Waals surface area contributed by atoms with Crippen LogP contribution in [0.25, 0.3) is 10.8 Å². The van der Waals surface area contributed by atoms with Gasteiger partial charge in [0.1, 0.15) is 0 Å². The van der Waals surface area contributed by atoms with Crippen LogP contribution in [0.3, 0.4) is 0 Å². The van der Waals surface area contributed by atoms with Crippen LogP contribution in [0.2, 0.25) is 5.02 Å². The summed E-state index contributed by atoms with van der Waals surface area (Å²) in [6, 6.07) is 13.1. The van der Waals surface area contributed by atoms with Gasteiger partial charge >= 0.3 is 0 Å². The Morgan fingerprint density at radius 1 is 1.00 bits per heavy atom. The van der Waals surface area contributed by atoms with Gasteiger partial charge in [-0.15, -0.1) is 0 Å². The van der Waals surface area contributed by atoms with E-state index >= 15 is 0 Å². The maximum absolute atomic E-state index is 6.36. The molecule has 0 bridgehead atoms. The first-order valence-electron chi connectivity index (χ1n) is 8.09. The van der Waals surface area contributed by atoms with Gasteiger partial charge < -0.3 is 5.32 Å². The third-order valence-corrected chi connectivity index (χ3v) is 4.50. The minimum Gasteiger partial charge on any atom is -0.310 e. The van der Waals surface area contributed by atoms with Crippen LogP contribution in [0.15, 0.2) is 36.4 Å². The molecule has 0 radical (unpaired) electrons. The Bertz CT molecular complexity index is 579. The Labute approximate surface area is 133 Å². The number of nitrogens with one attached hydrogen (secondary N) is 1. The number of hydrogen-bond acceptors (Lipinski definition) is 1. The van der Waals surface area contributed by atoms with Crippen molar-refractivity contribution in [2.45, 2.75) is 46.1 Å². The van der Waals surface area contributed by atoms with Crippen LogP contribution in [0.1, 0.15) is 51.6 Å². The van der Waals surface area contributed by atoms with E-state index in [9.17, 15) is 0 Å². The molecule has 1 nitrogen and oxygen atoms in total. The Balaban J connectivity index is 2.46. The summed E-state index contributed by atoms with van der Waals surface area (Å²) in [7, 11) is 0. The molecule has 0 amide bonds. The molecule has 0 aromatic heterocycles. The van der Waals surface area contributed by atoms with E-state index in [0.717, 1.165) is 23.4 Å². The van der Waals surface area contributed by atoms with E-state index in [1.807, 2.05) is 6.07 Å². The number of halogens is 1. The van der Waals surface area contributed by atoms with Crippen molar-refractivity contribution in [3.63, 3.8) is 0 Å². The van der Waals surface area contributed by atoms with Gasteiger partial charge in [-0.2, -0.15) is 0 Å². The smallest absolute Gasteiger partial charge is 0.0484 e. The lowest BCUT2D eigenvalue weighted by molar-refractivity contribution is 0.365. The Hall–Kier alpha value is -1.05. The topological polar surface area (TPSA) is 12.0 Å². The van der Waals surface area contributed by atoms with Gasteiger partial charge in [0.25, 0.3) is 0 Å². The minimum atomic E-state index is 0.395. The van der Waals surface area contributed by atoms with Gasteiger partial charge in [-0.1, -0.05) is 69.1 Å². The monoisotopic (exact) mass is 303 g/mol. The van der Waals surface area contributed by atoms with E-state index in [4.69, 9.17) is 11.6 Å². The van der Waals surface area contributed by atoms with Crippen molar-refractivity contribution in [1.29, 1.82) is 0 Å². The van der Waals surface area contributed by atoms with Crippen LogP contribution in [-0.2, 0) is 0 Å². The van der Waals surface area contributed by atoms with Gasteiger partial charge in [0.15, 0.2) is 0 Å². The minimum absolute atomic E-state index is 0.395. The first kappa shape index (κ1) is 16.3. The summed E-state index contributed by atoms with van der Waals surface area (Å²) in [4.78, 5) is 0. The predicted molar refractivity (Wildman–Crippen MR) is 94.1 cm³/mol. The fourth-order valence-corrected chi connectivity index (χ4v) is 3.32. The number of rotatable bonds is 7. The molecule has 0 saturated carbocycles. The summed E-state index contributed by atoms with van der Waals surface area (Å²) in [5.41, 5.74) is 1.38. The number of benzene rings is 2. The molecule has 2 aromatic rings. The first-order chi connectivity index (χ1) is 10.2. The van der Waals surface area contributed by atoms with Crippen molar-refractivity contribution >= 4 is 22.4 Å². The molecule has 0 spiro atoms. The average Bonchev–Trinajstić information content (AvgIpc) is 2.50. The second kappa shape index (κ2) is 7.82. The van der Waals surface area contributed by atoms with Crippen LogP contribution >= 0.6 is 11.6 Å². The van der Waals surface area contributed by atoms with Gasteiger partial charge in [-0.3, -0.25) is 0 Å². The van der Waals surface area contributed by atoms with Gasteiger partial charge in [0.05, 0.1) is 0 Å². The van der Waals surface area contributed by atoms with Crippen LogP contribution in [-0.4, -0.2) is 6.54 Å². The summed E-state index contributed by atoms with van der Waals surface area (Å²) in [6.07, 6.45) is 3.61. The highest BCUT2D eigenvalue weighted by molar-refractivity contribution is 6.35. The molecule has 2 unspecified atom stereocenters. The summed E-state index contributed by atoms with van der Waals surface area (Å²) < 4.78 is 0. The van der Waals surface area contributed by atoms with Gasteiger partial charge in [0.2, 0.25) is 0 Å². The fourth-order valence-electron chi connectivity index (χ4n) is 3.10. The molecule has 0 heterocycles. The highest BCUT2D eigenvalue weighted by atomic mass is 35.5. The van der Waals surface area contributed by atoms with Crippen LogP contribution in [0, 0.1) is 5.92 Å². The molecule has 2 heteroatoms.